The second-order valence-corrected chi connectivity index (χ2v) is 10.7. The van der Waals surface area contributed by atoms with Gasteiger partial charge in [0.15, 0.2) is 0 Å². The number of aliphatic hydroxyl groups is 2. The van der Waals surface area contributed by atoms with E-state index in [2.05, 4.69) is 28.4 Å². The summed E-state index contributed by atoms with van der Waals surface area (Å²) >= 11 is 0. The molecule has 0 spiro atoms. The molecule has 0 bridgehead atoms. The van der Waals surface area contributed by atoms with Gasteiger partial charge in [0.25, 0.3) is 0 Å². The Morgan fingerprint density at radius 1 is 0.732 bits per heavy atom. The van der Waals surface area contributed by atoms with E-state index in [1.807, 2.05) is 115 Å². The first kappa shape index (κ1) is 28.5. The minimum atomic E-state index is -0.805. The molecular weight excluding hydrogens is 508 g/mol. The van der Waals surface area contributed by atoms with E-state index in [-0.39, 0.29) is 24.5 Å². The number of amides is 1. The van der Waals surface area contributed by atoms with Gasteiger partial charge in [-0.25, -0.2) is 0 Å². The van der Waals surface area contributed by atoms with E-state index in [0.717, 1.165) is 22.3 Å². The number of hydrogen-bond acceptors (Lipinski definition) is 4. The molecule has 0 unspecified atom stereocenters. The molecule has 5 nitrogen and oxygen atoms in total. The fraction of sp³-hybridized carbons (Fsp3) is 0.250. The van der Waals surface area contributed by atoms with Gasteiger partial charge in [-0.2, -0.15) is 0 Å². The van der Waals surface area contributed by atoms with Crippen molar-refractivity contribution in [2.24, 2.45) is 5.92 Å². The summed E-state index contributed by atoms with van der Waals surface area (Å²) in [5, 5.41) is 25.4. The molecule has 3 N–H and O–H groups in total. The summed E-state index contributed by atoms with van der Waals surface area (Å²) in [4.78, 5) is 16.2. The van der Waals surface area contributed by atoms with Gasteiger partial charge in [-0.3, -0.25) is 9.69 Å². The maximum atomic E-state index is 14.1. The third kappa shape index (κ3) is 7.19. The molecule has 1 amide bonds. The van der Waals surface area contributed by atoms with Gasteiger partial charge < -0.3 is 15.5 Å². The smallest absolute Gasteiger partial charge is 0.237 e. The van der Waals surface area contributed by atoms with Crippen molar-refractivity contribution < 1.29 is 15.0 Å². The average Bonchev–Trinajstić information content (AvgIpc) is 3.03. The molecule has 1 aliphatic carbocycles. The highest BCUT2D eigenvalue weighted by Gasteiger charge is 2.41. The van der Waals surface area contributed by atoms with Gasteiger partial charge >= 0.3 is 0 Å². The lowest BCUT2D eigenvalue weighted by molar-refractivity contribution is -0.129. The summed E-state index contributed by atoms with van der Waals surface area (Å²) < 4.78 is 0. The molecule has 0 heterocycles. The van der Waals surface area contributed by atoms with Crippen molar-refractivity contribution in [3.05, 3.63) is 156 Å². The molecule has 0 saturated carbocycles. The molecule has 0 radical (unpaired) electrons. The van der Waals surface area contributed by atoms with Crippen LogP contribution in [-0.2, 0) is 24.3 Å². The Bertz CT molecular complexity index is 1380. The summed E-state index contributed by atoms with van der Waals surface area (Å²) in [6.45, 7) is 0.715. The molecule has 5 rings (SSSR count). The molecule has 41 heavy (non-hydrogen) atoms. The molecule has 5 atom stereocenters. The Morgan fingerprint density at radius 3 is 1.85 bits per heavy atom. The first-order chi connectivity index (χ1) is 20.1. The van der Waals surface area contributed by atoms with Crippen molar-refractivity contribution in [3.63, 3.8) is 0 Å². The maximum absolute atomic E-state index is 14.1. The molecular formula is C36H38N2O3. The Morgan fingerprint density at radius 2 is 1.27 bits per heavy atom. The normalized spacial score (nSPS) is 21.0. The summed E-state index contributed by atoms with van der Waals surface area (Å²) in [5.74, 6) is -0.796. The van der Waals surface area contributed by atoms with Crippen molar-refractivity contribution in [3.8, 4) is 0 Å². The first-order valence-electron chi connectivity index (χ1n) is 14.3. The first-order valence-corrected chi connectivity index (χ1v) is 14.3. The predicted molar refractivity (Wildman–Crippen MR) is 163 cm³/mol. The van der Waals surface area contributed by atoms with Crippen LogP contribution >= 0.6 is 0 Å². The van der Waals surface area contributed by atoms with Gasteiger partial charge in [0.1, 0.15) is 0 Å². The number of aliphatic hydroxyl groups excluding tert-OH is 2. The number of nitrogens with zero attached hydrogens (tertiary/aromatic N) is 1. The molecule has 0 aromatic heterocycles. The van der Waals surface area contributed by atoms with Crippen LogP contribution in [0.15, 0.2) is 133 Å². The second-order valence-electron chi connectivity index (χ2n) is 10.7. The lowest BCUT2D eigenvalue weighted by Gasteiger charge is -2.44. The Balaban J connectivity index is 1.51. The van der Waals surface area contributed by atoms with Crippen molar-refractivity contribution in [2.75, 3.05) is 6.61 Å². The molecule has 4 aromatic carbocycles. The van der Waals surface area contributed by atoms with E-state index >= 15 is 0 Å². The summed E-state index contributed by atoms with van der Waals surface area (Å²) in [6, 6.07) is 39.0. The number of carbonyl (C=O) groups excluding carboxylic acids is 1. The van der Waals surface area contributed by atoms with Crippen LogP contribution in [0.3, 0.4) is 0 Å². The third-order valence-corrected chi connectivity index (χ3v) is 8.03. The molecule has 210 valence electrons. The van der Waals surface area contributed by atoms with Gasteiger partial charge in [0.2, 0.25) is 5.91 Å². The molecule has 0 fully saturated rings. The van der Waals surface area contributed by atoms with E-state index in [1.165, 1.54) is 0 Å². The number of rotatable bonds is 11. The van der Waals surface area contributed by atoms with Crippen LogP contribution < -0.4 is 5.32 Å². The SMILES string of the molecule is O=C(NCc1ccccc1)[C@H](Cc1ccccc1)N(Cc1ccccc1)[C@H]1C=C[C@@H](c2ccccc2)[C@@H](O)[C@@H]1CO. The molecule has 1 aliphatic rings. The van der Waals surface area contributed by atoms with Crippen LogP contribution in [0, 0.1) is 5.92 Å². The topological polar surface area (TPSA) is 72.8 Å². The minimum Gasteiger partial charge on any atom is -0.396 e. The molecule has 0 aliphatic heterocycles. The average molecular weight is 547 g/mol. The van der Waals surface area contributed by atoms with Gasteiger partial charge in [-0.15, -0.1) is 0 Å². The van der Waals surface area contributed by atoms with Crippen LogP contribution in [0.25, 0.3) is 0 Å². The van der Waals surface area contributed by atoms with Crippen LogP contribution in [-0.4, -0.2) is 45.8 Å². The maximum Gasteiger partial charge on any atom is 0.237 e. The number of nitrogens with one attached hydrogen (secondary N) is 1. The van der Waals surface area contributed by atoms with Crippen molar-refractivity contribution in [2.45, 2.75) is 43.6 Å². The van der Waals surface area contributed by atoms with Crippen LogP contribution in [0.2, 0.25) is 0 Å². The monoisotopic (exact) mass is 546 g/mol. The van der Waals surface area contributed by atoms with Crippen molar-refractivity contribution in [1.29, 1.82) is 0 Å². The molecule has 4 aromatic rings. The number of hydrogen-bond donors (Lipinski definition) is 3. The second kappa shape index (κ2) is 14.0. The van der Waals surface area contributed by atoms with Gasteiger partial charge in [-0.1, -0.05) is 133 Å². The van der Waals surface area contributed by atoms with Crippen LogP contribution in [0.1, 0.15) is 28.2 Å². The number of carbonyl (C=O) groups is 1. The third-order valence-electron chi connectivity index (χ3n) is 8.03. The summed E-state index contributed by atoms with van der Waals surface area (Å²) in [7, 11) is 0. The highest BCUT2D eigenvalue weighted by atomic mass is 16.3. The summed E-state index contributed by atoms with van der Waals surface area (Å²) in [6.07, 6.45) is 3.81. The van der Waals surface area contributed by atoms with Crippen LogP contribution in [0.5, 0.6) is 0 Å². The minimum absolute atomic E-state index is 0.0848. The Hall–Kier alpha value is -4.03. The van der Waals surface area contributed by atoms with Crippen LogP contribution in [0.4, 0.5) is 0 Å². The van der Waals surface area contributed by atoms with Gasteiger partial charge in [0.05, 0.1) is 18.8 Å². The van der Waals surface area contributed by atoms with E-state index in [9.17, 15) is 15.0 Å². The molecule has 5 heteroatoms. The zero-order valence-corrected chi connectivity index (χ0v) is 23.2. The van der Waals surface area contributed by atoms with E-state index in [0.29, 0.717) is 19.5 Å². The highest BCUT2D eigenvalue weighted by Crippen LogP contribution is 2.36. The quantitative estimate of drug-likeness (QED) is 0.229. The number of benzene rings is 4. The zero-order chi connectivity index (χ0) is 28.4. The van der Waals surface area contributed by atoms with Gasteiger partial charge in [-0.05, 0) is 28.7 Å². The summed E-state index contributed by atoms with van der Waals surface area (Å²) in [5.41, 5.74) is 4.14. The van der Waals surface area contributed by atoms with Crippen molar-refractivity contribution in [1.82, 2.24) is 10.2 Å². The largest absolute Gasteiger partial charge is 0.396 e. The van der Waals surface area contributed by atoms with E-state index in [1.54, 1.807) is 0 Å². The fourth-order valence-corrected chi connectivity index (χ4v) is 5.83. The Labute approximate surface area is 242 Å². The Kier molecular flexibility index (Phi) is 9.76. The lowest BCUT2D eigenvalue weighted by Crippen LogP contribution is -2.57. The standard InChI is InChI=1S/C36H38N2O3/c39-26-32-33(22-21-31(35(32)40)30-19-11-4-12-20-30)38(25-29-17-9-3-10-18-29)34(23-27-13-5-1-6-14-27)36(41)37-24-28-15-7-2-8-16-28/h1-22,31-35,39-40H,23-26H2,(H,37,41)/t31-,32+,33-,34-,35+/m0/s1. The predicted octanol–water partition coefficient (Wildman–Crippen LogP) is 5.11. The van der Waals surface area contributed by atoms with E-state index < -0.39 is 18.1 Å². The van der Waals surface area contributed by atoms with Crippen molar-refractivity contribution >= 4 is 5.91 Å². The zero-order valence-electron chi connectivity index (χ0n) is 23.2. The van der Waals surface area contributed by atoms with Gasteiger partial charge in [0, 0.05) is 31.0 Å². The molecule has 0 saturated heterocycles. The van der Waals surface area contributed by atoms with E-state index in [4.69, 9.17) is 0 Å². The lowest BCUT2D eigenvalue weighted by atomic mass is 9.76. The highest BCUT2D eigenvalue weighted by molar-refractivity contribution is 5.82. The fourth-order valence-electron chi connectivity index (χ4n) is 5.83.